The van der Waals surface area contributed by atoms with Crippen LogP contribution in [-0.4, -0.2) is 49.9 Å². The van der Waals surface area contributed by atoms with Gasteiger partial charge in [-0.3, -0.25) is 14.9 Å². The Morgan fingerprint density at radius 3 is 2.44 bits per heavy atom. The molecule has 0 atom stereocenters. The molecule has 0 unspecified atom stereocenters. The zero-order valence-electron chi connectivity index (χ0n) is 16.8. The highest BCUT2D eigenvalue weighted by Crippen LogP contribution is 2.26. The molecule has 1 aliphatic heterocycles. The van der Waals surface area contributed by atoms with E-state index in [1.807, 2.05) is 0 Å². The quantitative estimate of drug-likeness (QED) is 0.444. The fourth-order valence-corrected chi connectivity index (χ4v) is 4.68. The Hall–Kier alpha value is -3.54. The fraction of sp³-hybridized carbons (Fsp3) is 0.190. The second-order valence-electron chi connectivity index (χ2n) is 6.97. The van der Waals surface area contributed by atoms with Crippen molar-refractivity contribution in [3.8, 4) is 11.3 Å². The molecule has 1 fully saturated rings. The Bertz CT molecular complexity index is 1250. The highest BCUT2D eigenvalue weighted by molar-refractivity contribution is 7.89. The molecule has 0 spiro atoms. The van der Waals surface area contributed by atoms with Gasteiger partial charge >= 0.3 is 0 Å². The highest BCUT2D eigenvalue weighted by atomic mass is 32.2. The number of nitrogens with one attached hydrogen (secondary N) is 1. The van der Waals surface area contributed by atoms with E-state index in [0.29, 0.717) is 30.2 Å². The monoisotopic (exact) mass is 457 g/mol. The third-order valence-electron chi connectivity index (χ3n) is 4.89. The van der Waals surface area contributed by atoms with E-state index in [-0.39, 0.29) is 29.4 Å². The molecule has 1 aliphatic rings. The third kappa shape index (κ3) is 4.54. The average molecular weight is 457 g/mol. The van der Waals surface area contributed by atoms with Crippen LogP contribution in [0.1, 0.15) is 10.6 Å². The zero-order chi connectivity index (χ0) is 22.7. The summed E-state index contributed by atoms with van der Waals surface area (Å²) in [6.07, 6.45) is 0. The molecule has 10 nitrogen and oxygen atoms in total. The first kappa shape index (κ1) is 21.7. The van der Waals surface area contributed by atoms with Crippen LogP contribution in [0.2, 0.25) is 0 Å². The van der Waals surface area contributed by atoms with Crippen molar-refractivity contribution < 1.29 is 27.3 Å². The van der Waals surface area contributed by atoms with E-state index in [2.05, 4.69) is 5.32 Å². The van der Waals surface area contributed by atoms with Crippen molar-refractivity contribution >= 4 is 27.3 Å². The number of nitrogens with zero attached hydrogens (tertiary/aromatic N) is 2. The molecule has 0 bridgehead atoms. The van der Waals surface area contributed by atoms with E-state index in [4.69, 9.17) is 9.15 Å². The molecular formula is C21H19N3O7S. The molecule has 1 saturated heterocycles. The number of hydrogen-bond donors (Lipinski definition) is 1. The summed E-state index contributed by atoms with van der Waals surface area (Å²) in [5, 5.41) is 13.4. The van der Waals surface area contributed by atoms with Crippen LogP contribution in [0.3, 0.4) is 0 Å². The second-order valence-corrected chi connectivity index (χ2v) is 8.90. The Morgan fingerprint density at radius 1 is 1.03 bits per heavy atom. The summed E-state index contributed by atoms with van der Waals surface area (Å²) in [5.41, 5.74) is 0.830. The number of anilines is 1. The normalized spacial score (nSPS) is 14.8. The Balaban J connectivity index is 1.49. The fourth-order valence-electron chi connectivity index (χ4n) is 3.23. The summed E-state index contributed by atoms with van der Waals surface area (Å²) in [6, 6.07) is 14.8. The van der Waals surface area contributed by atoms with Gasteiger partial charge in [0.05, 0.1) is 23.0 Å². The minimum atomic E-state index is -3.70. The lowest BCUT2D eigenvalue weighted by Crippen LogP contribution is -2.40. The van der Waals surface area contributed by atoms with Crippen LogP contribution in [0.15, 0.2) is 70.0 Å². The van der Waals surface area contributed by atoms with Crippen molar-refractivity contribution in [3.05, 3.63) is 76.5 Å². The van der Waals surface area contributed by atoms with Gasteiger partial charge in [-0.15, -0.1) is 0 Å². The van der Waals surface area contributed by atoms with Gasteiger partial charge in [0.2, 0.25) is 10.0 Å². The first-order chi connectivity index (χ1) is 15.3. The lowest BCUT2D eigenvalue weighted by Gasteiger charge is -2.26. The number of carbonyl (C=O) groups is 1. The molecule has 1 N–H and O–H groups in total. The molecule has 1 amide bonds. The van der Waals surface area contributed by atoms with Gasteiger partial charge in [-0.05, 0) is 42.5 Å². The van der Waals surface area contributed by atoms with Gasteiger partial charge in [-0.2, -0.15) is 4.31 Å². The number of rotatable bonds is 6. The van der Waals surface area contributed by atoms with Crippen LogP contribution < -0.4 is 5.32 Å². The summed E-state index contributed by atoms with van der Waals surface area (Å²) in [6.45, 7) is 1.23. The van der Waals surface area contributed by atoms with Crippen LogP contribution >= 0.6 is 0 Å². The standard InChI is InChI=1S/C21H19N3O7S/c25-21(20-9-8-19(31-20)15-4-6-17(7-5-15)24(26)27)22-16-2-1-3-18(14-16)32(28,29)23-10-12-30-13-11-23/h1-9,14H,10-13H2,(H,22,25). The number of nitro groups is 1. The van der Waals surface area contributed by atoms with E-state index in [1.165, 1.54) is 46.8 Å². The molecule has 166 valence electrons. The number of morpholine rings is 1. The largest absolute Gasteiger partial charge is 0.451 e. The number of amides is 1. The van der Waals surface area contributed by atoms with E-state index >= 15 is 0 Å². The van der Waals surface area contributed by atoms with Crippen LogP contribution in [-0.2, 0) is 14.8 Å². The number of hydrogen-bond acceptors (Lipinski definition) is 7. The average Bonchev–Trinajstić information content (AvgIpc) is 3.30. The lowest BCUT2D eigenvalue weighted by atomic mass is 10.1. The van der Waals surface area contributed by atoms with Gasteiger partial charge in [-0.25, -0.2) is 8.42 Å². The number of nitro benzene ring substituents is 1. The second kappa shape index (κ2) is 8.91. The van der Waals surface area contributed by atoms with Crippen LogP contribution in [0.25, 0.3) is 11.3 Å². The number of benzene rings is 2. The third-order valence-corrected chi connectivity index (χ3v) is 6.79. The molecule has 2 heterocycles. The molecule has 4 rings (SSSR count). The van der Waals surface area contributed by atoms with Crippen molar-refractivity contribution in [1.82, 2.24) is 4.31 Å². The van der Waals surface area contributed by atoms with Crippen molar-refractivity contribution in [2.75, 3.05) is 31.6 Å². The van der Waals surface area contributed by atoms with Gasteiger partial charge in [0.1, 0.15) is 5.76 Å². The molecular weight excluding hydrogens is 438 g/mol. The Morgan fingerprint density at radius 2 is 1.75 bits per heavy atom. The van der Waals surface area contributed by atoms with E-state index in [0.717, 1.165) is 0 Å². The number of sulfonamides is 1. The predicted molar refractivity (Wildman–Crippen MR) is 115 cm³/mol. The summed E-state index contributed by atoms with van der Waals surface area (Å²) < 4.78 is 37.8. The maximum Gasteiger partial charge on any atom is 0.291 e. The maximum atomic E-state index is 12.8. The maximum absolute atomic E-state index is 12.8. The van der Waals surface area contributed by atoms with Gasteiger partial charge in [0.25, 0.3) is 11.6 Å². The summed E-state index contributed by atoms with van der Waals surface area (Å²) in [4.78, 5) is 22.9. The summed E-state index contributed by atoms with van der Waals surface area (Å²) in [5.74, 6) is -0.174. The molecule has 0 aliphatic carbocycles. The van der Waals surface area contributed by atoms with Crippen molar-refractivity contribution in [2.24, 2.45) is 0 Å². The van der Waals surface area contributed by atoms with Crippen molar-refractivity contribution in [1.29, 1.82) is 0 Å². The highest BCUT2D eigenvalue weighted by Gasteiger charge is 2.26. The topological polar surface area (TPSA) is 132 Å². The molecule has 0 saturated carbocycles. The van der Waals surface area contributed by atoms with Gasteiger partial charge in [-0.1, -0.05) is 6.07 Å². The zero-order valence-corrected chi connectivity index (χ0v) is 17.6. The first-order valence-electron chi connectivity index (χ1n) is 9.68. The van der Waals surface area contributed by atoms with Crippen molar-refractivity contribution in [3.63, 3.8) is 0 Å². The Labute approximate surface area is 183 Å². The number of carbonyl (C=O) groups excluding carboxylic acids is 1. The lowest BCUT2D eigenvalue weighted by molar-refractivity contribution is -0.384. The predicted octanol–water partition coefficient (Wildman–Crippen LogP) is 3.13. The molecule has 11 heteroatoms. The number of non-ortho nitro benzene ring substituents is 1. The number of furan rings is 1. The van der Waals surface area contributed by atoms with Crippen LogP contribution in [0.5, 0.6) is 0 Å². The summed E-state index contributed by atoms with van der Waals surface area (Å²) in [7, 11) is -3.70. The first-order valence-corrected chi connectivity index (χ1v) is 11.1. The van der Waals surface area contributed by atoms with Crippen molar-refractivity contribution in [2.45, 2.75) is 4.90 Å². The molecule has 0 radical (unpaired) electrons. The molecule has 3 aromatic rings. The van der Waals surface area contributed by atoms with Gasteiger partial charge in [0.15, 0.2) is 5.76 Å². The van der Waals surface area contributed by atoms with Crippen LogP contribution in [0, 0.1) is 10.1 Å². The van der Waals surface area contributed by atoms with E-state index in [1.54, 1.807) is 18.2 Å². The van der Waals surface area contributed by atoms with E-state index < -0.39 is 20.9 Å². The molecule has 32 heavy (non-hydrogen) atoms. The smallest absolute Gasteiger partial charge is 0.291 e. The molecule has 2 aromatic carbocycles. The van der Waals surface area contributed by atoms with Crippen LogP contribution in [0.4, 0.5) is 11.4 Å². The van der Waals surface area contributed by atoms with Gasteiger partial charge in [0, 0.05) is 36.5 Å². The minimum Gasteiger partial charge on any atom is -0.451 e. The summed E-state index contributed by atoms with van der Waals surface area (Å²) >= 11 is 0. The number of ether oxygens (including phenoxy) is 1. The van der Waals surface area contributed by atoms with Gasteiger partial charge < -0.3 is 14.5 Å². The minimum absolute atomic E-state index is 0.0137. The van der Waals surface area contributed by atoms with E-state index in [9.17, 15) is 23.3 Å². The Kier molecular flexibility index (Phi) is 6.04. The molecule has 1 aromatic heterocycles. The SMILES string of the molecule is O=C(Nc1cccc(S(=O)(=O)N2CCOCC2)c1)c1ccc(-c2ccc([N+](=O)[O-])cc2)o1.